The summed E-state index contributed by atoms with van der Waals surface area (Å²) in [5, 5.41) is 4.35. The summed E-state index contributed by atoms with van der Waals surface area (Å²) in [6, 6.07) is 6.73. The van der Waals surface area contributed by atoms with Crippen molar-refractivity contribution in [2.75, 3.05) is 0 Å². The van der Waals surface area contributed by atoms with E-state index in [0.29, 0.717) is 12.4 Å². The molecule has 0 atom stereocenters. The second kappa shape index (κ2) is 5.84. The maximum absolute atomic E-state index is 14.0. The third-order valence-corrected chi connectivity index (χ3v) is 3.91. The van der Waals surface area contributed by atoms with Crippen LogP contribution in [0.25, 0.3) is 17.2 Å². The van der Waals surface area contributed by atoms with Gasteiger partial charge >= 0.3 is 0 Å². The number of hydrogen-bond acceptors (Lipinski definition) is 4. The molecule has 4 heterocycles. The molecule has 0 unspecified atom stereocenters. The molecular formula is C17H15FN6. The Morgan fingerprint density at radius 1 is 1.08 bits per heavy atom. The van der Waals surface area contributed by atoms with E-state index >= 15 is 0 Å². The first-order chi connectivity index (χ1) is 11.8. The van der Waals surface area contributed by atoms with Crippen LogP contribution in [0.4, 0.5) is 4.39 Å². The third kappa shape index (κ3) is 2.34. The number of aromatic nitrogens is 6. The molecule has 0 aliphatic heterocycles. The zero-order valence-electron chi connectivity index (χ0n) is 13.1. The van der Waals surface area contributed by atoms with Gasteiger partial charge in [-0.15, -0.1) is 0 Å². The van der Waals surface area contributed by atoms with Crippen molar-refractivity contribution in [3.05, 3.63) is 66.3 Å². The molecule has 4 aromatic heterocycles. The van der Waals surface area contributed by atoms with Crippen molar-refractivity contribution in [1.82, 2.24) is 29.1 Å². The van der Waals surface area contributed by atoms with Gasteiger partial charge in [0.05, 0.1) is 17.9 Å². The van der Waals surface area contributed by atoms with Gasteiger partial charge in [0.2, 0.25) is 0 Å². The Morgan fingerprint density at radius 2 is 1.96 bits per heavy atom. The Morgan fingerprint density at radius 3 is 2.79 bits per heavy atom. The predicted octanol–water partition coefficient (Wildman–Crippen LogP) is 2.74. The van der Waals surface area contributed by atoms with Crippen LogP contribution in [0.2, 0.25) is 0 Å². The van der Waals surface area contributed by atoms with Crippen molar-refractivity contribution in [3.8, 4) is 11.5 Å². The average Bonchev–Trinajstić information content (AvgIpc) is 3.19. The lowest BCUT2D eigenvalue weighted by Crippen LogP contribution is -2.06. The fraction of sp³-hybridized carbons (Fsp3) is 0.176. The first-order valence-corrected chi connectivity index (χ1v) is 7.71. The van der Waals surface area contributed by atoms with Crippen molar-refractivity contribution in [3.63, 3.8) is 0 Å². The summed E-state index contributed by atoms with van der Waals surface area (Å²) >= 11 is 0. The number of fused-ring (bicyclic) bond motifs is 1. The van der Waals surface area contributed by atoms with Crippen molar-refractivity contribution in [2.24, 2.45) is 0 Å². The SMILES string of the molecule is CCc1c(Cn2ccnc2-c2ncccc2F)nc2cccnn12. The number of pyridine rings is 1. The smallest absolute Gasteiger partial charge is 0.162 e. The Bertz CT molecular complexity index is 1000. The molecule has 0 N–H and O–H groups in total. The van der Waals surface area contributed by atoms with Crippen LogP contribution in [0.15, 0.2) is 49.1 Å². The summed E-state index contributed by atoms with van der Waals surface area (Å²) < 4.78 is 17.7. The minimum atomic E-state index is -0.391. The number of imidazole rings is 2. The first kappa shape index (κ1) is 14.5. The van der Waals surface area contributed by atoms with Gasteiger partial charge < -0.3 is 4.57 Å². The molecule has 24 heavy (non-hydrogen) atoms. The van der Waals surface area contributed by atoms with Gasteiger partial charge in [0.15, 0.2) is 17.3 Å². The van der Waals surface area contributed by atoms with E-state index in [9.17, 15) is 4.39 Å². The van der Waals surface area contributed by atoms with Crippen LogP contribution >= 0.6 is 0 Å². The topological polar surface area (TPSA) is 60.9 Å². The van der Waals surface area contributed by atoms with E-state index in [0.717, 1.165) is 23.5 Å². The molecule has 6 nitrogen and oxygen atoms in total. The van der Waals surface area contributed by atoms with Crippen LogP contribution in [0.3, 0.4) is 0 Å². The van der Waals surface area contributed by atoms with Gasteiger partial charge in [-0.1, -0.05) is 6.92 Å². The minimum absolute atomic E-state index is 0.238. The van der Waals surface area contributed by atoms with E-state index in [-0.39, 0.29) is 5.69 Å². The summed E-state index contributed by atoms with van der Waals surface area (Å²) in [5.41, 5.74) is 2.97. The number of hydrogen-bond donors (Lipinski definition) is 0. The lowest BCUT2D eigenvalue weighted by molar-refractivity contribution is 0.621. The number of halogens is 1. The van der Waals surface area contributed by atoms with Gasteiger partial charge in [-0.3, -0.25) is 0 Å². The lowest BCUT2D eigenvalue weighted by Gasteiger charge is -2.07. The van der Waals surface area contributed by atoms with Crippen LogP contribution in [0.1, 0.15) is 18.3 Å². The maximum atomic E-state index is 14.0. The largest absolute Gasteiger partial charge is 0.324 e. The second-order valence-electron chi connectivity index (χ2n) is 5.36. The fourth-order valence-corrected chi connectivity index (χ4v) is 2.83. The molecule has 0 fully saturated rings. The minimum Gasteiger partial charge on any atom is -0.324 e. The molecule has 0 spiro atoms. The van der Waals surface area contributed by atoms with Gasteiger partial charge in [-0.25, -0.2) is 23.9 Å². The molecule has 0 bridgehead atoms. The third-order valence-electron chi connectivity index (χ3n) is 3.91. The highest BCUT2D eigenvalue weighted by Crippen LogP contribution is 2.20. The van der Waals surface area contributed by atoms with Gasteiger partial charge in [0, 0.05) is 24.8 Å². The van der Waals surface area contributed by atoms with Crippen molar-refractivity contribution >= 4 is 5.65 Å². The molecule has 0 saturated heterocycles. The predicted molar refractivity (Wildman–Crippen MR) is 86.9 cm³/mol. The van der Waals surface area contributed by atoms with Crippen LogP contribution < -0.4 is 0 Å². The van der Waals surface area contributed by atoms with Crippen LogP contribution in [-0.4, -0.2) is 29.1 Å². The molecule has 0 aromatic carbocycles. The molecule has 120 valence electrons. The van der Waals surface area contributed by atoms with Crippen molar-refractivity contribution in [1.29, 1.82) is 0 Å². The zero-order valence-corrected chi connectivity index (χ0v) is 13.1. The molecule has 4 rings (SSSR count). The summed E-state index contributed by atoms with van der Waals surface area (Å²) in [4.78, 5) is 13.0. The van der Waals surface area contributed by atoms with Gasteiger partial charge in [-0.2, -0.15) is 5.10 Å². The molecule has 0 amide bonds. The number of nitrogens with zero attached hydrogens (tertiary/aromatic N) is 6. The highest BCUT2D eigenvalue weighted by Gasteiger charge is 2.16. The number of rotatable bonds is 4. The van der Waals surface area contributed by atoms with E-state index < -0.39 is 5.82 Å². The quantitative estimate of drug-likeness (QED) is 0.579. The van der Waals surface area contributed by atoms with Crippen molar-refractivity contribution in [2.45, 2.75) is 19.9 Å². The average molecular weight is 322 g/mol. The summed E-state index contributed by atoms with van der Waals surface area (Å²) in [6.45, 7) is 2.55. The Hall–Kier alpha value is -3.09. The molecular weight excluding hydrogens is 307 g/mol. The molecule has 0 aliphatic carbocycles. The highest BCUT2D eigenvalue weighted by molar-refractivity contribution is 5.51. The number of aryl methyl sites for hydroxylation is 1. The van der Waals surface area contributed by atoms with Crippen LogP contribution in [0.5, 0.6) is 0 Å². The first-order valence-electron chi connectivity index (χ1n) is 7.71. The van der Waals surface area contributed by atoms with Crippen LogP contribution in [-0.2, 0) is 13.0 Å². The lowest BCUT2D eigenvalue weighted by atomic mass is 10.2. The molecule has 0 saturated carbocycles. The zero-order chi connectivity index (χ0) is 16.5. The van der Waals surface area contributed by atoms with Crippen molar-refractivity contribution < 1.29 is 4.39 Å². The van der Waals surface area contributed by atoms with Crippen LogP contribution in [0, 0.1) is 5.82 Å². The van der Waals surface area contributed by atoms with Gasteiger partial charge in [0.25, 0.3) is 0 Å². The second-order valence-corrected chi connectivity index (χ2v) is 5.36. The summed E-state index contributed by atoms with van der Waals surface area (Å²) in [7, 11) is 0. The summed E-state index contributed by atoms with van der Waals surface area (Å²) in [5.74, 6) is 0.0949. The monoisotopic (exact) mass is 322 g/mol. The van der Waals surface area contributed by atoms with Gasteiger partial charge in [0.1, 0.15) is 5.69 Å². The Labute approximate surface area is 137 Å². The van der Waals surface area contributed by atoms with E-state index in [1.165, 1.54) is 6.07 Å². The molecule has 0 aliphatic rings. The summed E-state index contributed by atoms with van der Waals surface area (Å²) in [6.07, 6.45) is 7.55. The van der Waals surface area contributed by atoms with E-state index in [2.05, 4.69) is 27.0 Å². The van der Waals surface area contributed by atoms with E-state index in [1.54, 1.807) is 30.9 Å². The Balaban J connectivity index is 1.78. The molecule has 0 radical (unpaired) electrons. The molecule has 4 aromatic rings. The standard InChI is InChI=1S/C17H15FN6/c1-2-14-13(22-15-6-4-8-21-24(14)15)11-23-10-9-20-17(23)16-12(18)5-3-7-19-16/h3-10H,2,11H2,1H3. The van der Waals surface area contributed by atoms with Gasteiger partial charge in [-0.05, 0) is 30.7 Å². The fourth-order valence-electron chi connectivity index (χ4n) is 2.83. The van der Waals surface area contributed by atoms with E-state index in [1.807, 2.05) is 21.2 Å². The maximum Gasteiger partial charge on any atom is 0.162 e. The molecule has 7 heteroatoms. The normalized spacial score (nSPS) is 11.2. The highest BCUT2D eigenvalue weighted by atomic mass is 19.1. The van der Waals surface area contributed by atoms with E-state index in [4.69, 9.17) is 0 Å². The Kier molecular flexibility index (Phi) is 3.53.